The number of fused-ring (bicyclic) bond motifs is 1. The van der Waals surface area contributed by atoms with Crippen molar-refractivity contribution in [2.75, 3.05) is 14.1 Å². The van der Waals surface area contributed by atoms with Crippen LogP contribution < -0.4 is 0 Å². The van der Waals surface area contributed by atoms with Gasteiger partial charge in [0.2, 0.25) is 0 Å². The van der Waals surface area contributed by atoms with Crippen LogP contribution in [0.1, 0.15) is 41.9 Å². The quantitative estimate of drug-likeness (QED) is 0.620. The van der Waals surface area contributed by atoms with Crippen molar-refractivity contribution in [2.24, 2.45) is 0 Å². The van der Waals surface area contributed by atoms with Gasteiger partial charge in [0.15, 0.2) is 0 Å². The van der Waals surface area contributed by atoms with Crippen LogP contribution in [-0.4, -0.2) is 35.3 Å². The number of pyridine rings is 1. The van der Waals surface area contributed by atoms with Crippen molar-refractivity contribution < 1.29 is 22.7 Å². The summed E-state index contributed by atoms with van der Waals surface area (Å²) >= 11 is 0. The van der Waals surface area contributed by atoms with Crippen molar-refractivity contribution in [3.05, 3.63) is 53.1 Å². The van der Waals surface area contributed by atoms with E-state index in [2.05, 4.69) is 4.98 Å². The monoisotopic (exact) mass is 382 g/mol. The number of alkyl halides is 3. The molecule has 1 N–H and O–H groups in total. The van der Waals surface area contributed by atoms with E-state index in [1.165, 1.54) is 12.3 Å². The summed E-state index contributed by atoms with van der Waals surface area (Å²) in [5, 5.41) is 10.2. The number of benzene rings is 1. The van der Waals surface area contributed by atoms with Crippen molar-refractivity contribution >= 4 is 0 Å². The average molecular weight is 382 g/mol. The second-order valence-electron chi connectivity index (χ2n) is 7.22. The molecule has 1 aromatic heterocycles. The molecule has 0 fully saturated rings. The summed E-state index contributed by atoms with van der Waals surface area (Å²) in [6.45, 7) is 0. The van der Waals surface area contributed by atoms with Gasteiger partial charge in [0.25, 0.3) is 0 Å². The largest absolute Gasteiger partial charge is 0.416 e. The Hall–Kier alpha value is -1.99. The molecule has 1 aliphatic carbocycles. The standard InChI is InChI=1S/C20H22F4N2O/c1-26(2)19(27)8-12-4-3-5-14-16(12)10-25-11-17(14)15-7-6-13(9-18(15)21)20(22,23)24/h6-7,9-12,19,27H,3-5,8H2,1-2H3. The lowest BCUT2D eigenvalue weighted by Crippen LogP contribution is -2.30. The highest BCUT2D eigenvalue weighted by atomic mass is 19.4. The lowest BCUT2D eigenvalue weighted by molar-refractivity contribution is -0.137. The second kappa shape index (κ2) is 7.56. The molecule has 1 aliphatic rings. The first-order valence-electron chi connectivity index (χ1n) is 8.87. The van der Waals surface area contributed by atoms with Crippen LogP contribution in [0.3, 0.4) is 0 Å². The first-order chi connectivity index (χ1) is 12.7. The van der Waals surface area contributed by atoms with Crippen LogP contribution in [0.25, 0.3) is 11.1 Å². The topological polar surface area (TPSA) is 36.4 Å². The summed E-state index contributed by atoms with van der Waals surface area (Å²) in [4.78, 5) is 5.93. The van der Waals surface area contributed by atoms with Crippen LogP contribution in [0.5, 0.6) is 0 Å². The van der Waals surface area contributed by atoms with E-state index in [9.17, 15) is 22.7 Å². The third-order valence-electron chi connectivity index (χ3n) is 5.19. The molecule has 0 saturated carbocycles. The van der Waals surface area contributed by atoms with Crippen LogP contribution >= 0.6 is 0 Å². The summed E-state index contributed by atoms with van der Waals surface area (Å²) in [6, 6.07) is 2.60. The van der Waals surface area contributed by atoms with E-state index in [4.69, 9.17) is 0 Å². The maximum Gasteiger partial charge on any atom is 0.416 e. The van der Waals surface area contributed by atoms with Gasteiger partial charge < -0.3 is 5.11 Å². The van der Waals surface area contributed by atoms with E-state index in [-0.39, 0.29) is 11.5 Å². The summed E-state index contributed by atoms with van der Waals surface area (Å²) in [6.07, 6.45) is 1.05. The highest BCUT2D eigenvalue weighted by Gasteiger charge is 2.32. The first-order valence-corrected chi connectivity index (χ1v) is 8.87. The Balaban J connectivity index is 2.00. The van der Waals surface area contributed by atoms with Gasteiger partial charge in [-0.15, -0.1) is 0 Å². The minimum Gasteiger partial charge on any atom is -0.378 e. The van der Waals surface area contributed by atoms with Crippen molar-refractivity contribution in [1.29, 1.82) is 0 Å². The number of hydrogen-bond donors (Lipinski definition) is 1. The van der Waals surface area contributed by atoms with Crippen molar-refractivity contribution in [3.8, 4) is 11.1 Å². The summed E-state index contributed by atoms with van der Waals surface area (Å²) in [7, 11) is 3.58. The lowest BCUT2D eigenvalue weighted by atomic mass is 9.79. The predicted octanol–water partition coefficient (Wildman–Crippen LogP) is 4.60. The van der Waals surface area contributed by atoms with Crippen molar-refractivity contribution in [2.45, 2.75) is 44.0 Å². The molecule has 0 spiro atoms. The Morgan fingerprint density at radius 1 is 1.22 bits per heavy atom. The third-order valence-corrected chi connectivity index (χ3v) is 5.19. The summed E-state index contributed by atoms with van der Waals surface area (Å²) in [5.74, 6) is -0.827. The maximum atomic E-state index is 14.5. The van der Waals surface area contributed by atoms with E-state index >= 15 is 0 Å². The number of nitrogens with zero attached hydrogens (tertiary/aromatic N) is 2. The van der Waals surface area contributed by atoms with E-state index in [1.807, 2.05) is 0 Å². The average Bonchev–Trinajstić information content (AvgIpc) is 2.60. The molecule has 0 radical (unpaired) electrons. The Morgan fingerprint density at radius 2 is 1.96 bits per heavy atom. The van der Waals surface area contributed by atoms with E-state index in [1.54, 1.807) is 25.2 Å². The molecular weight excluding hydrogens is 360 g/mol. The molecule has 0 saturated heterocycles. The van der Waals surface area contributed by atoms with Crippen molar-refractivity contribution in [1.82, 2.24) is 9.88 Å². The van der Waals surface area contributed by atoms with E-state index in [0.29, 0.717) is 24.5 Å². The van der Waals surface area contributed by atoms with Crippen LogP contribution in [0.2, 0.25) is 0 Å². The molecule has 0 bridgehead atoms. The Labute approximate surface area is 155 Å². The van der Waals surface area contributed by atoms with Gasteiger partial charge in [0.05, 0.1) is 5.56 Å². The minimum atomic E-state index is -4.58. The predicted molar refractivity (Wildman–Crippen MR) is 94.6 cm³/mol. The summed E-state index contributed by atoms with van der Waals surface area (Å²) < 4.78 is 52.9. The maximum absolute atomic E-state index is 14.5. The van der Waals surface area contributed by atoms with Crippen LogP contribution in [-0.2, 0) is 12.6 Å². The molecule has 27 heavy (non-hydrogen) atoms. The van der Waals surface area contributed by atoms with Gasteiger partial charge in [-0.05, 0) is 69.0 Å². The fourth-order valence-corrected chi connectivity index (χ4v) is 3.67. The molecule has 2 aromatic rings. The van der Waals surface area contributed by atoms with Gasteiger partial charge in [0.1, 0.15) is 12.0 Å². The van der Waals surface area contributed by atoms with Gasteiger partial charge in [-0.25, -0.2) is 4.39 Å². The Morgan fingerprint density at radius 3 is 2.59 bits per heavy atom. The molecule has 1 aromatic carbocycles. The number of aromatic nitrogens is 1. The number of hydrogen-bond acceptors (Lipinski definition) is 3. The highest BCUT2D eigenvalue weighted by Crippen LogP contribution is 2.40. The molecular formula is C20H22F4N2O. The molecule has 146 valence electrons. The fourth-order valence-electron chi connectivity index (χ4n) is 3.67. The SMILES string of the molecule is CN(C)C(O)CC1CCCc2c(-c3ccc(C(F)(F)F)cc3F)cncc21. The number of rotatable bonds is 4. The normalized spacial score (nSPS) is 18.4. The Kier molecular flexibility index (Phi) is 5.53. The highest BCUT2D eigenvalue weighted by molar-refractivity contribution is 5.69. The second-order valence-corrected chi connectivity index (χ2v) is 7.22. The minimum absolute atomic E-state index is 0.0797. The van der Waals surface area contributed by atoms with Gasteiger partial charge in [-0.3, -0.25) is 9.88 Å². The molecule has 0 aliphatic heterocycles. The number of aliphatic hydroxyl groups is 1. The fraction of sp³-hybridized carbons (Fsp3) is 0.450. The first kappa shape index (κ1) is 19.8. The van der Waals surface area contributed by atoms with Gasteiger partial charge >= 0.3 is 6.18 Å². The molecule has 1 heterocycles. The van der Waals surface area contributed by atoms with Gasteiger partial charge in [-0.1, -0.05) is 6.07 Å². The van der Waals surface area contributed by atoms with Crippen LogP contribution in [0, 0.1) is 5.82 Å². The van der Waals surface area contributed by atoms with E-state index < -0.39 is 23.8 Å². The number of aliphatic hydroxyl groups excluding tert-OH is 1. The Bertz CT molecular complexity index is 820. The van der Waals surface area contributed by atoms with Crippen LogP contribution in [0.15, 0.2) is 30.6 Å². The molecule has 7 heteroatoms. The molecule has 0 amide bonds. The van der Waals surface area contributed by atoms with Crippen molar-refractivity contribution in [3.63, 3.8) is 0 Å². The van der Waals surface area contributed by atoms with Crippen LogP contribution in [0.4, 0.5) is 17.6 Å². The van der Waals surface area contributed by atoms with Gasteiger partial charge in [0, 0.05) is 23.5 Å². The molecule has 2 unspecified atom stereocenters. The smallest absolute Gasteiger partial charge is 0.378 e. The zero-order valence-electron chi connectivity index (χ0n) is 15.2. The van der Waals surface area contributed by atoms with E-state index in [0.717, 1.165) is 30.0 Å². The molecule has 3 nitrogen and oxygen atoms in total. The van der Waals surface area contributed by atoms with Gasteiger partial charge in [-0.2, -0.15) is 13.2 Å². The molecule has 3 rings (SSSR count). The number of halogens is 4. The zero-order chi connectivity index (χ0) is 19.8. The third kappa shape index (κ3) is 4.14. The molecule has 2 atom stereocenters. The zero-order valence-corrected chi connectivity index (χ0v) is 15.2. The lowest BCUT2D eigenvalue weighted by Gasteiger charge is -2.30. The summed E-state index contributed by atoms with van der Waals surface area (Å²) in [5.41, 5.74) is 1.50.